The monoisotopic (exact) mass is 448 g/mol. The fourth-order valence-electron chi connectivity index (χ4n) is 4.49. The SMILES string of the molecule is CC(C)C1CCCCO1.CC(c1ccc(COC(C)(C)CO)cc1)C(C)(C)CC(C)(C)C. The second-order valence-electron chi connectivity index (χ2n) is 12.5. The molecular formula is C29H52O3. The van der Waals surface area contributed by atoms with Crippen LogP contribution in [0.5, 0.6) is 0 Å². The highest BCUT2D eigenvalue weighted by atomic mass is 16.5. The third kappa shape index (κ3) is 10.8. The zero-order valence-electron chi connectivity index (χ0n) is 22.8. The zero-order chi connectivity index (χ0) is 24.6. The molecule has 0 bridgehead atoms. The van der Waals surface area contributed by atoms with E-state index in [1.807, 2.05) is 13.8 Å². The molecule has 0 saturated carbocycles. The Balaban J connectivity index is 0.000000471. The maximum atomic E-state index is 9.25. The smallest absolute Gasteiger partial charge is 0.0860 e. The van der Waals surface area contributed by atoms with E-state index in [9.17, 15) is 5.11 Å². The van der Waals surface area contributed by atoms with Crippen molar-refractivity contribution < 1.29 is 14.6 Å². The number of ether oxygens (including phenoxy) is 2. The molecule has 3 nitrogen and oxygen atoms in total. The summed E-state index contributed by atoms with van der Waals surface area (Å²) < 4.78 is 11.3. The maximum absolute atomic E-state index is 9.25. The van der Waals surface area contributed by atoms with Gasteiger partial charge in [0, 0.05) is 6.61 Å². The van der Waals surface area contributed by atoms with E-state index in [-0.39, 0.29) is 12.0 Å². The minimum Gasteiger partial charge on any atom is -0.393 e. The highest BCUT2D eigenvalue weighted by Gasteiger charge is 2.31. The van der Waals surface area contributed by atoms with Gasteiger partial charge in [-0.2, -0.15) is 0 Å². The molecule has 3 heteroatoms. The largest absolute Gasteiger partial charge is 0.393 e. The van der Waals surface area contributed by atoms with E-state index >= 15 is 0 Å². The summed E-state index contributed by atoms with van der Waals surface area (Å²) in [6.07, 6.45) is 5.65. The summed E-state index contributed by atoms with van der Waals surface area (Å²) in [6, 6.07) is 8.73. The van der Waals surface area contributed by atoms with Gasteiger partial charge in [-0.25, -0.2) is 0 Å². The van der Waals surface area contributed by atoms with Crippen LogP contribution in [-0.4, -0.2) is 30.0 Å². The standard InChI is InChI=1S/C21H36O2.C8H16O/c1-16(20(5,6)14-19(2,3)4)18-11-9-17(10-12-18)13-23-21(7,8)15-22;1-7(2)8-5-3-4-6-9-8/h9-12,16,22H,13-15H2,1-8H3;7-8H,3-6H2,1-2H3. The predicted octanol–water partition coefficient (Wildman–Crippen LogP) is 7.75. The molecule has 0 radical (unpaired) electrons. The Morgan fingerprint density at radius 2 is 1.56 bits per heavy atom. The molecule has 0 aliphatic carbocycles. The van der Waals surface area contributed by atoms with Crippen LogP contribution in [0.2, 0.25) is 0 Å². The fraction of sp³-hybridized carbons (Fsp3) is 0.793. The van der Waals surface area contributed by atoms with Gasteiger partial charge in [0.25, 0.3) is 0 Å². The molecule has 0 aromatic heterocycles. The van der Waals surface area contributed by atoms with Gasteiger partial charge in [0.15, 0.2) is 0 Å². The van der Waals surface area contributed by atoms with Crippen LogP contribution in [0, 0.1) is 16.7 Å². The number of aliphatic hydroxyl groups is 1. The molecular weight excluding hydrogens is 396 g/mol. The predicted molar refractivity (Wildman–Crippen MR) is 137 cm³/mol. The van der Waals surface area contributed by atoms with Gasteiger partial charge in [0.05, 0.1) is 24.9 Å². The highest BCUT2D eigenvalue weighted by Crippen LogP contribution is 2.43. The average molecular weight is 449 g/mol. The van der Waals surface area contributed by atoms with Crippen LogP contribution >= 0.6 is 0 Å². The molecule has 32 heavy (non-hydrogen) atoms. The Morgan fingerprint density at radius 1 is 0.969 bits per heavy atom. The molecule has 1 aromatic rings. The number of hydrogen-bond donors (Lipinski definition) is 1. The molecule has 1 fully saturated rings. The van der Waals surface area contributed by atoms with Crippen molar-refractivity contribution in [2.75, 3.05) is 13.2 Å². The molecule has 1 N–H and O–H groups in total. The minimum absolute atomic E-state index is 0.0309. The van der Waals surface area contributed by atoms with Crippen LogP contribution in [0.1, 0.15) is 112 Å². The molecule has 1 heterocycles. The quantitative estimate of drug-likeness (QED) is 0.442. The Hall–Kier alpha value is -0.900. The summed E-state index contributed by atoms with van der Waals surface area (Å²) in [6.45, 7) is 23.8. The number of aliphatic hydroxyl groups excluding tert-OH is 1. The van der Waals surface area contributed by atoms with Gasteiger partial charge in [-0.05, 0) is 73.3 Å². The van der Waals surface area contributed by atoms with Gasteiger partial charge in [0.2, 0.25) is 0 Å². The van der Waals surface area contributed by atoms with Crippen LogP contribution in [0.15, 0.2) is 24.3 Å². The number of hydrogen-bond acceptors (Lipinski definition) is 3. The molecule has 1 saturated heterocycles. The maximum Gasteiger partial charge on any atom is 0.0860 e. The van der Waals surface area contributed by atoms with Gasteiger partial charge < -0.3 is 14.6 Å². The molecule has 2 unspecified atom stereocenters. The molecule has 1 aromatic carbocycles. The first-order chi connectivity index (χ1) is 14.7. The average Bonchev–Trinajstić information content (AvgIpc) is 2.71. The normalized spacial score (nSPS) is 18.8. The molecule has 186 valence electrons. The van der Waals surface area contributed by atoms with Crippen molar-refractivity contribution in [2.45, 2.75) is 119 Å². The number of benzene rings is 1. The first-order valence-electron chi connectivity index (χ1n) is 12.6. The third-order valence-electron chi connectivity index (χ3n) is 6.61. The zero-order valence-corrected chi connectivity index (χ0v) is 22.8. The van der Waals surface area contributed by atoms with E-state index in [0.717, 1.165) is 12.2 Å². The topological polar surface area (TPSA) is 38.7 Å². The lowest BCUT2D eigenvalue weighted by Gasteiger charge is -2.38. The van der Waals surface area contributed by atoms with Crippen LogP contribution in [0.4, 0.5) is 0 Å². The van der Waals surface area contributed by atoms with Crippen molar-refractivity contribution in [3.8, 4) is 0 Å². The van der Waals surface area contributed by atoms with E-state index in [4.69, 9.17) is 9.47 Å². The lowest BCUT2D eigenvalue weighted by molar-refractivity contribution is -0.0633. The van der Waals surface area contributed by atoms with E-state index in [2.05, 4.69) is 79.7 Å². The third-order valence-corrected chi connectivity index (χ3v) is 6.61. The van der Waals surface area contributed by atoms with E-state index < -0.39 is 5.60 Å². The van der Waals surface area contributed by atoms with Gasteiger partial charge in [0.1, 0.15) is 0 Å². The Labute approximate surface area is 199 Å². The van der Waals surface area contributed by atoms with Crippen molar-refractivity contribution in [1.29, 1.82) is 0 Å². The first-order valence-corrected chi connectivity index (χ1v) is 12.6. The Bertz CT molecular complexity index is 631. The van der Waals surface area contributed by atoms with Crippen molar-refractivity contribution >= 4 is 0 Å². The van der Waals surface area contributed by atoms with E-state index in [1.165, 1.54) is 31.2 Å². The number of rotatable bonds is 8. The molecule has 0 spiro atoms. The summed E-state index contributed by atoms with van der Waals surface area (Å²) in [5.74, 6) is 1.22. The van der Waals surface area contributed by atoms with Gasteiger partial charge >= 0.3 is 0 Å². The van der Waals surface area contributed by atoms with Crippen molar-refractivity contribution in [1.82, 2.24) is 0 Å². The van der Waals surface area contributed by atoms with Crippen LogP contribution < -0.4 is 0 Å². The lowest BCUT2D eigenvalue weighted by Crippen LogP contribution is -2.28. The lowest BCUT2D eigenvalue weighted by atomic mass is 9.67. The summed E-state index contributed by atoms with van der Waals surface area (Å²) in [5, 5.41) is 9.25. The fourth-order valence-corrected chi connectivity index (χ4v) is 4.49. The summed E-state index contributed by atoms with van der Waals surface area (Å²) >= 11 is 0. The Kier molecular flexibility index (Phi) is 11.4. The summed E-state index contributed by atoms with van der Waals surface area (Å²) in [4.78, 5) is 0. The summed E-state index contributed by atoms with van der Waals surface area (Å²) in [7, 11) is 0. The van der Waals surface area contributed by atoms with Gasteiger partial charge in [-0.1, -0.05) is 79.7 Å². The second-order valence-corrected chi connectivity index (χ2v) is 12.5. The highest BCUT2D eigenvalue weighted by molar-refractivity contribution is 5.26. The second kappa shape index (κ2) is 12.5. The first kappa shape index (κ1) is 29.1. The Morgan fingerprint density at radius 3 is 1.97 bits per heavy atom. The van der Waals surface area contributed by atoms with Crippen LogP contribution in [0.3, 0.4) is 0 Å². The van der Waals surface area contributed by atoms with Crippen LogP contribution in [-0.2, 0) is 16.1 Å². The molecule has 1 aliphatic heterocycles. The molecule has 0 amide bonds. The molecule has 2 rings (SSSR count). The molecule has 2 atom stereocenters. The van der Waals surface area contributed by atoms with Crippen molar-refractivity contribution in [2.24, 2.45) is 16.7 Å². The van der Waals surface area contributed by atoms with Crippen molar-refractivity contribution in [3.63, 3.8) is 0 Å². The summed E-state index contributed by atoms with van der Waals surface area (Å²) in [5.41, 5.74) is 2.64. The van der Waals surface area contributed by atoms with E-state index in [1.54, 1.807) is 0 Å². The van der Waals surface area contributed by atoms with Crippen molar-refractivity contribution in [3.05, 3.63) is 35.4 Å². The minimum atomic E-state index is -0.485. The molecule has 1 aliphatic rings. The van der Waals surface area contributed by atoms with Gasteiger partial charge in [-0.15, -0.1) is 0 Å². The van der Waals surface area contributed by atoms with E-state index in [0.29, 0.717) is 30.0 Å². The van der Waals surface area contributed by atoms with Gasteiger partial charge in [-0.3, -0.25) is 0 Å². The van der Waals surface area contributed by atoms with Crippen LogP contribution in [0.25, 0.3) is 0 Å².